The van der Waals surface area contributed by atoms with E-state index in [9.17, 15) is 9.59 Å². The highest BCUT2D eigenvalue weighted by molar-refractivity contribution is 5.98. The molecule has 1 aromatic rings. The molecule has 0 aromatic heterocycles. The summed E-state index contributed by atoms with van der Waals surface area (Å²) >= 11 is 0. The Balaban J connectivity index is 3.03. The summed E-state index contributed by atoms with van der Waals surface area (Å²) in [6.07, 6.45) is 0.160. The topological polar surface area (TPSA) is 46.6 Å². The number of carbonyl (C=O) groups excluding carboxylic acids is 2. The van der Waals surface area contributed by atoms with Gasteiger partial charge in [0.15, 0.2) is 5.78 Å². The average molecular weight is 390 g/mol. The molecule has 0 aliphatic carbocycles. The van der Waals surface area contributed by atoms with E-state index in [0.717, 1.165) is 0 Å². The summed E-state index contributed by atoms with van der Waals surface area (Å²) in [6.45, 7) is 19.7. The van der Waals surface area contributed by atoms with Crippen molar-refractivity contribution in [3.8, 4) is 0 Å². The first-order valence-electron chi connectivity index (χ1n) is 10.3. The van der Waals surface area contributed by atoms with Crippen molar-refractivity contribution in [2.24, 2.45) is 5.92 Å². The summed E-state index contributed by atoms with van der Waals surface area (Å²) in [5.41, 5.74) is 1.77. The van der Waals surface area contributed by atoms with Gasteiger partial charge in [-0.3, -0.25) is 14.5 Å². The normalized spacial score (nSPS) is 13.7. The number of esters is 1. The molecule has 0 saturated heterocycles. The first-order valence-corrected chi connectivity index (χ1v) is 10.3. The molecular formula is C24H39NO3. The van der Waals surface area contributed by atoms with Crippen LogP contribution in [-0.2, 0) is 14.9 Å². The van der Waals surface area contributed by atoms with Crippen LogP contribution in [-0.4, -0.2) is 41.4 Å². The summed E-state index contributed by atoms with van der Waals surface area (Å²) in [7, 11) is 0. The maximum atomic E-state index is 12.9. The third-order valence-electron chi connectivity index (χ3n) is 5.03. The largest absolute Gasteiger partial charge is 0.466 e. The SMILES string of the molecule is CCOC(=O)C(CC(=O)c1ccc(C(C)(C)C)cc1)CN(C(C)C)C(C)(C)C. The van der Waals surface area contributed by atoms with Gasteiger partial charge in [0, 0.05) is 30.1 Å². The van der Waals surface area contributed by atoms with Gasteiger partial charge in [0.05, 0.1) is 12.5 Å². The van der Waals surface area contributed by atoms with Gasteiger partial charge in [-0.15, -0.1) is 0 Å². The molecule has 0 aliphatic rings. The minimum absolute atomic E-state index is 0.0175. The molecule has 1 atom stereocenters. The molecule has 1 unspecified atom stereocenters. The predicted molar refractivity (Wildman–Crippen MR) is 116 cm³/mol. The highest BCUT2D eigenvalue weighted by Gasteiger charge is 2.32. The summed E-state index contributed by atoms with van der Waals surface area (Å²) in [5.74, 6) is -0.787. The lowest BCUT2D eigenvalue weighted by Gasteiger charge is -2.40. The highest BCUT2D eigenvalue weighted by Crippen LogP contribution is 2.25. The van der Waals surface area contributed by atoms with E-state index in [1.165, 1.54) is 5.56 Å². The van der Waals surface area contributed by atoms with Crippen LogP contribution in [0.4, 0.5) is 0 Å². The van der Waals surface area contributed by atoms with E-state index in [-0.39, 0.29) is 35.2 Å². The molecule has 0 heterocycles. The molecule has 158 valence electrons. The van der Waals surface area contributed by atoms with Crippen molar-refractivity contribution in [3.05, 3.63) is 35.4 Å². The van der Waals surface area contributed by atoms with Crippen LogP contribution in [0, 0.1) is 5.92 Å². The maximum Gasteiger partial charge on any atom is 0.310 e. The van der Waals surface area contributed by atoms with Crippen LogP contribution < -0.4 is 0 Å². The van der Waals surface area contributed by atoms with Crippen molar-refractivity contribution >= 4 is 11.8 Å². The van der Waals surface area contributed by atoms with E-state index < -0.39 is 5.92 Å². The van der Waals surface area contributed by atoms with Crippen LogP contribution >= 0.6 is 0 Å². The zero-order valence-corrected chi connectivity index (χ0v) is 19.3. The number of rotatable bonds is 8. The maximum absolute atomic E-state index is 12.9. The number of hydrogen-bond acceptors (Lipinski definition) is 4. The first-order chi connectivity index (χ1) is 12.8. The lowest BCUT2D eigenvalue weighted by molar-refractivity contribution is -0.149. The van der Waals surface area contributed by atoms with E-state index in [2.05, 4.69) is 60.3 Å². The number of hydrogen-bond donors (Lipinski definition) is 0. The summed E-state index contributed by atoms with van der Waals surface area (Å²) in [6, 6.07) is 8.01. The van der Waals surface area contributed by atoms with Crippen LogP contribution in [0.25, 0.3) is 0 Å². The van der Waals surface area contributed by atoms with Gasteiger partial charge in [0.2, 0.25) is 0 Å². The van der Waals surface area contributed by atoms with E-state index in [4.69, 9.17) is 4.74 Å². The summed E-state index contributed by atoms with van der Waals surface area (Å²) in [5, 5.41) is 0. The van der Waals surface area contributed by atoms with Crippen LogP contribution in [0.15, 0.2) is 24.3 Å². The number of ether oxygens (including phenoxy) is 1. The van der Waals surface area contributed by atoms with Gasteiger partial charge >= 0.3 is 5.97 Å². The fourth-order valence-electron chi connectivity index (χ4n) is 3.48. The van der Waals surface area contributed by atoms with Gasteiger partial charge in [-0.2, -0.15) is 0 Å². The van der Waals surface area contributed by atoms with Gasteiger partial charge < -0.3 is 4.74 Å². The second-order valence-electron chi connectivity index (χ2n) is 9.82. The molecule has 1 aromatic carbocycles. The van der Waals surface area contributed by atoms with E-state index in [1.807, 2.05) is 24.3 Å². The van der Waals surface area contributed by atoms with Gasteiger partial charge in [-0.25, -0.2) is 0 Å². The van der Waals surface area contributed by atoms with Gasteiger partial charge in [0.1, 0.15) is 0 Å². The third kappa shape index (κ3) is 7.05. The Labute approximate surface area is 171 Å². The molecule has 0 radical (unpaired) electrons. The van der Waals surface area contributed by atoms with Crippen LogP contribution in [0.1, 0.15) is 84.7 Å². The van der Waals surface area contributed by atoms with Gasteiger partial charge in [-0.05, 0) is 52.5 Å². The second kappa shape index (κ2) is 9.69. The Morgan fingerprint density at radius 2 is 1.54 bits per heavy atom. The Bertz CT molecular complexity index is 648. The lowest BCUT2D eigenvalue weighted by Crippen LogP contribution is -2.49. The molecule has 0 N–H and O–H groups in total. The van der Waals surface area contributed by atoms with Crippen molar-refractivity contribution in [2.45, 2.75) is 85.7 Å². The second-order valence-corrected chi connectivity index (χ2v) is 9.82. The molecule has 0 bridgehead atoms. The zero-order chi connectivity index (χ0) is 21.7. The van der Waals surface area contributed by atoms with Crippen molar-refractivity contribution < 1.29 is 14.3 Å². The van der Waals surface area contributed by atoms with Gasteiger partial charge in [0.25, 0.3) is 0 Å². The number of ketones is 1. The quantitative estimate of drug-likeness (QED) is 0.450. The predicted octanol–water partition coefficient (Wildman–Crippen LogP) is 5.25. The number of carbonyl (C=O) groups is 2. The number of nitrogens with zero attached hydrogens (tertiary/aromatic N) is 1. The number of Topliss-reactive ketones (excluding diaryl/α,β-unsaturated/α-hetero) is 1. The minimum atomic E-state index is -0.476. The Morgan fingerprint density at radius 3 is 1.93 bits per heavy atom. The van der Waals surface area contributed by atoms with Gasteiger partial charge in [-0.1, -0.05) is 45.0 Å². The zero-order valence-electron chi connectivity index (χ0n) is 19.3. The molecule has 28 heavy (non-hydrogen) atoms. The summed E-state index contributed by atoms with van der Waals surface area (Å²) in [4.78, 5) is 27.7. The van der Waals surface area contributed by atoms with E-state index >= 15 is 0 Å². The third-order valence-corrected chi connectivity index (χ3v) is 5.03. The monoisotopic (exact) mass is 389 g/mol. The standard InChI is InChI=1S/C24H39NO3/c1-10-28-22(27)19(16-25(17(2)3)24(7,8)9)15-21(26)18-11-13-20(14-12-18)23(4,5)6/h11-14,17,19H,10,15-16H2,1-9H3. The molecule has 0 amide bonds. The van der Waals surface area contributed by atoms with Crippen molar-refractivity contribution in [1.29, 1.82) is 0 Å². The minimum Gasteiger partial charge on any atom is -0.466 e. The summed E-state index contributed by atoms with van der Waals surface area (Å²) < 4.78 is 5.28. The molecule has 4 heteroatoms. The Morgan fingerprint density at radius 1 is 1.00 bits per heavy atom. The molecule has 4 nitrogen and oxygen atoms in total. The van der Waals surface area contributed by atoms with E-state index in [0.29, 0.717) is 18.7 Å². The van der Waals surface area contributed by atoms with Crippen molar-refractivity contribution in [2.75, 3.05) is 13.2 Å². The molecule has 0 spiro atoms. The molecule has 1 rings (SSSR count). The highest BCUT2D eigenvalue weighted by atomic mass is 16.5. The van der Waals surface area contributed by atoms with Crippen LogP contribution in [0.2, 0.25) is 0 Å². The Hall–Kier alpha value is -1.68. The molecule has 0 aliphatic heterocycles. The molecular weight excluding hydrogens is 350 g/mol. The van der Waals surface area contributed by atoms with Crippen molar-refractivity contribution in [1.82, 2.24) is 4.90 Å². The van der Waals surface area contributed by atoms with Crippen LogP contribution in [0.5, 0.6) is 0 Å². The Kier molecular flexibility index (Phi) is 8.43. The molecule has 0 fully saturated rings. The average Bonchev–Trinajstić information content (AvgIpc) is 2.56. The van der Waals surface area contributed by atoms with Crippen molar-refractivity contribution in [3.63, 3.8) is 0 Å². The fraction of sp³-hybridized carbons (Fsp3) is 0.667. The molecule has 0 saturated carbocycles. The fourth-order valence-corrected chi connectivity index (χ4v) is 3.48. The number of benzene rings is 1. The lowest BCUT2D eigenvalue weighted by atomic mass is 9.86. The van der Waals surface area contributed by atoms with E-state index in [1.54, 1.807) is 6.92 Å². The van der Waals surface area contributed by atoms with Crippen LogP contribution in [0.3, 0.4) is 0 Å². The smallest absolute Gasteiger partial charge is 0.310 e. The first kappa shape index (κ1) is 24.4.